The van der Waals surface area contributed by atoms with Gasteiger partial charge in [-0.25, -0.2) is 0 Å². The average Bonchev–Trinajstić information content (AvgIpc) is 3.05. The normalized spacial score (nSPS) is 42.0. The first-order valence-corrected chi connectivity index (χ1v) is 17.0. The van der Waals surface area contributed by atoms with Gasteiger partial charge < -0.3 is 18.9 Å². The molecule has 2 bridgehead atoms. The van der Waals surface area contributed by atoms with Gasteiger partial charge in [0.05, 0.1) is 18.1 Å². The van der Waals surface area contributed by atoms with Gasteiger partial charge in [-0.1, -0.05) is 50.6 Å². The number of hydrogen-bond acceptors (Lipinski definition) is 9. The molecule has 2 heterocycles. The van der Waals surface area contributed by atoms with Gasteiger partial charge in [-0.3, -0.25) is 19.2 Å². The first kappa shape index (κ1) is 32.6. The number of rotatable bonds is 8. The quantitative estimate of drug-likeness (QED) is 0.305. The van der Waals surface area contributed by atoms with Crippen LogP contribution in [-0.2, 0) is 38.1 Å². The fraction of sp³-hybridized carbons (Fsp3) is 0.765. The maximum absolute atomic E-state index is 13.8. The molecule has 10 unspecified atom stereocenters. The van der Waals surface area contributed by atoms with Gasteiger partial charge in [-0.05, 0) is 69.8 Å². The number of carbonyl (C=O) groups excluding carboxylic acids is 4. The smallest absolute Gasteiger partial charge is 0.302 e. The molecular formula is C34H48O8S. The van der Waals surface area contributed by atoms with E-state index in [4.69, 9.17) is 18.9 Å². The maximum atomic E-state index is 13.8. The number of esters is 1. The second-order valence-corrected chi connectivity index (χ2v) is 15.3. The molecule has 8 nitrogen and oxygen atoms in total. The Balaban J connectivity index is 1.33. The molecule has 10 atom stereocenters. The van der Waals surface area contributed by atoms with Crippen LogP contribution in [0.15, 0.2) is 23.8 Å². The van der Waals surface area contributed by atoms with Crippen molar-refractivity contribution in [2.75, 3.05) is 6.26 Å². The molecule has 0 aromatic heterocycles. The van der Waals surface area contributed by atoms with Crippen molar-refractivity contribution >= 4 is 34.4 Å². The third-order valence-corrected chi connectivity index (χ3v) is 12.1. The van der Waals surface area contributed by atoms with Crippen LogP contribution in [0.4, 0.5) is 0 Å². The monoisotopic (exact) mass is 616 g/mol. The minimum atomic E-state index is -1.49. The molecule has 5 rings (SSSR count). The van der Waals surface area contributed by atoms with E-state index in [2.05, 4.69) is 19.9 Å². The van der Waals surface area contributed by atoms with Crippen LogP contribution < -0.4 is 0 Å². The lowest BCUT2D eigenvalue weighted by Crippen LogP contribution is -2.54. The third-order valence-electron chi connectivity index (χ3n) is 11.5. The Morgan fingerprint density at radius 2 is 1.86 bits per heavy atom. The standard InChI is InChI=1S/C34H48O8S/c1-19-9-11-25-30(27(39-21(3)35)16-22-15-23(36)13-14-32(22,25)6)24(19)10-12-26(37)20(2)28-17-33(7)31(4,5)41-34(40-28,42-33)18-29(38)43-8/h13-15,19-20,24-25,27-28,30H,9-12,16-18H2,1-8H3. The second kappa shape index (κ2) is 11.5. The Morgan fingerprint density at radius 1 is 1.14 bits per heavy atom. The molecule has 0 aromatic rings. The van der Waals surface area contributed by atoms with E-state index in [1.807, 2.05) is 27.7 Å². The van der Waals surface area contributed by atoms with E-state index in [0.717, 1.165) is 30.2 Å². The lowest BCUT2D eigenvalue weighted by Gasteiger charge is -2.56. The highest BCUT2D eigenvalue weighted by Gasteiger charge is 2.66. The zero-order valence-electron chi connectivity index (χ0n) is 26.9. The first-order chi connectivity index (χ1) is 20.0. The molecule has 238 valence electrons. The maximum Gasteiger partial charge on any atom is 0.302 e. The molecule has 0 radical (unpaired) electrons. The van der Waals surface area contributed by atoms with Crippen molar-refractivity contribution in [3.63, 3.8) is 0 Å². The largest absolute Gasteiger partial charge is 0.462 e. The van der Waals surface area contributed by atoms with E-state index < -0.39 is 29.2 Å². The Bertz CT molecular complexity index is 1230. The van der Waals surface area contributed by atoms with Gasteiger partial charge in [-0.2, -0.15) is 0 Å². The number of carbonyl (C=O) groups is 4. The van der Waals surface area contributed by atoms with Crippen LogP contribution in [0.5, 0.6) is 0 Å². The highest BCUT2D eigenvalue weighted by Crippen LogP contribution is 2.59. The average molecular weight is 617 g/mol. The molecule has 2 saturated heterocycles. The topological polar surface area (TPSA) is 105 Å². The Labute approximate surface area is 260 Å². The lowest BCUT2D eigenvalue weighted by molar-refractivity contribution is -0.389. The lowest BCUT2D eigenvalue weighted by atomic mass is 9.49. The van der Waals surface area contributed by atoms with E-state index in [0.29, 0.717) is 31.6 Å². The summed E-state index contributed by atoms with van der Waals surface area (Å²) in [5.74, 6) is -1.23. The summed E-state index contributed by atoms with van der Waals surface area (Å²) < 4.78 is 24.9. The molecular weight excluding hydrogens is 568 g/mol. The van der Waals surface area contributed by atoms with Crippen molar-refractivity contribution in [3.05, 3.63) is 23.8 Å². The Kier molecular flexibility index (Phi) is 8.73. The van der Waals surface area contributed by atoms with Crippen molar-refractivity contribution in [1.29, 1.82) is 0 Å². The molecule has 0 amide bonds. The van der Waals surface area contributed by atoms with Gasteiger partial charge in [0.2, 0.25) is 0 Å². The van der Waals surface area contributed by atoms with Crippen LogP contribution in [0, 0.1) is 35.0 Å². The molecule has 2 aliphatic heterocycles. The van der Waals surface area contributed by atoms with Gasteiger partial charge in [-0.15, -0.1) is 0 Å². The van der Waals surface area contributed by atoms with Crippen LogP contribution in [0.1, 0.15) is 93.4 Å². The second-order valence-electron chi connectivity index (χ2n) is 14.5. The Morgan fingerprint density at radius 3 is 2.53 bits per heavy atom. The van der Waals surface area contributed by atoms with Gasteiger partial charge in [0.15, 0.2) is 10.9 Å². The summed E-state index contributed by atoms with van der Waals surface area (Å²) in [4.78, 5) is 50.8. The number of thioether (sulfide) groups is 1. The van der Waals surface area contributed by atoms with E-state index >= 15 is 0 Å². The van der Waals surface area contributed by atoms with E-state index in [1.54, 1.807) is 18.4 Å². The summed E-state index contributed by atoms with van der Waals surface area (Å²) in [6.07, 6.45) is 10.5. The van der Waals surface area contributed by atoms with Crippen molar-refractivity contribution in [2.24, 2.45) is 35.0 Å². The molecule has 3 aliphatic carbocycles. The molecule has 4 fully saturated rings. The highest BCUT2D eigenvalue weighted by atomic mass is 32.2. The molecule has 0 spiro atoms. The molecule has 2 saturated carbocycles. The predicted octanol–water partition coefficient (Wildman–Crippen LogP) is 5.96. The van der Waals surface area contributed by atoms with E-state index in [9.17, 15) is 19.2 Å². The SMILES string of the molecule is CSC(=O)CC12OC(C(C)C(=O)CCC3C(C)CCC4C3C(OC(C)=O)CC3=CC(=O)C=CC34C)CC(C)(O1)C(C)(C)O2. The number of fused-ring (bicyclic) bond motifs is 5. The zero-order valence-corrected chi connectivity index (χ0v) is 27.7. The third kappa shape index (κ3) is 5.84. The zero-order chi connectivity index (χ0) is 31.5. The first-order valence-electron chi connectivity index (χ1n) is 15.8. The summed E-state index contributed by atoms with van der Waals surface area (Å²) in [5, 5.41) is -0.0980. The minimum Gasteiger partial charge on any atom is -0.462 e. The summed E-state index contributed by atoms with van der Waals surface area (Å²) in [7, 11) is 0. The Hall–Kier alpha value is -1.81. The van der Waals surface area contributed by atoms with Crippen LogP contribution in [-0.4, -0.2) is 58.3 Å². The molecule has 43 heavy (non-hydrogen) atoms. The van der Waals surface area contributed by atoms with Gasteiger partial charge in [0.1, 0.15) is 17.5 Å². The molecule has 5 aliphatic rings. The van der Waals surface area contributed by atoms with Crippen LogP contribution in [0.25, 0.3) is 0 Å². The summed E-state index contributed by atoms with van der Waals surface area (Å²) in [6, 6.07) is 0. The number of allylic oxidation sites excluding steroid dienone is 3. The van der Waals surface area contributed by atoms with Crippen molar-refractivity contribution in [3.8, 4) is 0 Å². The highest BCUT2D eigenvalue weighted by molar-refractivity contribution is 8.13. The van der Waals surface area contributed by atoms with E-state index in [1.165, 1.54) is 6.92 Å². The number of Topliss-reactive ketones (excluding diaryl/α,β-unsaturated/α-hetero) is 1. The summed E-state index contributed by atoms with van der Waals surface area (Å²) >= 11 is 1.11. The fourth-order valence-corrected chi connectivity index (χ4v) is 8.98. The number of hydrogen-bond donors (Lipinski definition) is 0. The van der Waals surface area contributed by atoms with Crippen molar-refractivity contribution < 1.29 is 38.1 Å². The molecule has 9 heteroatoms. The number of ether oxygens (including phenoxy) is 4. The molecule has 0 aromatic carbocycles. The summed E-state index contributed by atoms with van der Waals surface area (Å²) in [6.45, 7) is 13.7. The van der Waals surface area contributed by atoms with Gasteiger partial charge >= 0.3 is 5.97 Å². The van der Waals surface area contributed by atoms with Gasteiger partial charge in [0, 0.05) is 43.4 Å². The molecule has 0 N–H and O–H groups in total. The van der Waals surface area contributed by atoms with Crippen molar-refractivity contribution in [1.82, 2.24) is 0 Å². The minimum absolute atomic E-state index is 0.0150. The van der Waals surface area contributed by atoms with E-state index in [-0.39, 0.29) is 58.3 Å². The van der Waals surface area contributed by atoms with Crippen LogP contribution in [0.2, 0.25) is 0 Å². The fourth-order valence-electron chi connectivity index (χ4n) is 8.66. The summed E-state index contributed by atoms with van der Waals surface area (Å²) in [5.41, 5.74) is -0.609. The van der Waals surface area contributed by atoms with Crippen LogP contribution in [0.3, 0.4) is 0 Å². The van der Waals surface area contributed by atoms with Crippen molar-refractivity contribution in [2.45, 2.75) is 123 Å². The van der Waals surface area contributed by atoms with Gasteiger partial charge in [0.25, 0.3) is 5.97 Å². The van der Waals surface area contributed by atoms with Crippen LogP contribution >= 0.6 is 11.8 Å². The predicted molar refractivity (Wildman–Crippen MR) is 163 cm³/mol. The number of ketones is 2.